The lowest BCUT2D eigenvalue weighted by Gasteiger charge is -2.35. The average molecular weight is 274 g/mol. The van der Waals surface area contributed by atoms with Crippen LogP contribution in [0.1, 0.15) is 32.1 Å². The molecule has 0 aromatic carbocycles. The number of likely N-dealkylation sites (tertiary alicyclic amines) is 1. The van der Waals surface area contributed by atoms with Gasteiger partial charge in [-0.3, -0.25) is 4.79 Å². The molecular formula is C12H22N2O3S. The van der Waals surface area contributed by atoms with Gasteiger partial charge >= 0.3 is 5.97 Å². The average Bonchev–Trinajstić information content (AvgIpc) is 2.39. The van der Waals surface area contributed by atoms with E-state index in [-0.39, 0.29) is 11.8 Å². The second-order valence-electron chi connectivity index (χ2n) is 4.69. The van der Waals surface area contributed by atoms with Crippen molar-refractivity contribution in [1.29, 1.82) is 0 Å². The Morgan fingerprint density at radius 2 is 2.17 bits per heavy atom. The first-order valence-electron chi connectivity index (χ1n) is 6.46. The van der Waals surface area contributed by atoms with Crippen LogP contribution in [-0.4, -0.2) is 46.8 Å². The minimum atomic E-state index is -0.903. The molecule has 2 atom stereocenters. The highest BCUT2D eigenvalue weighted by atomic mass is 32.1. The Morgan fingerprint density at radius 3 is 2.72 bits per heavy atom. The summed E-state index contributed by atoms with van der Waals surface area (Å²) in [6.07, 6.45) is 3.75. The third-order valence-electron chi connectivity index (χ3n) is 3.40. The van der Waals surface area contributed by atoms with E-state index in [1.54, 1.807) is 0 Å². The van der Waals surface area contributed by atoms with E-state index < -0.39 is 12.0 Å². The van der Waals surface area contributed by atoms with Crippen molar-refractivity contribution in [1.82, 2.24) is 4.90 Å². The molecule has 0 aromatic rings. The van der Waals surface area contributed by atoms with Crippen LogP contribution < -0.4 is 5.73 Å². The number of nitrogens with zero attached hydrogens (tertiary/aromatic N) is 1. The number of aliphatic carboxylic acids is 1. The number of carbonyl (C=O) groups excluding carboxylic acids is 1. The molecule has 18 heavy (non-hydrogen) atoms. The van der Waals surface area contributed by atoms with Gasteiger partial charge in [-0.25, -0.2) is 4.79 Å². The van der Waals surface area contributed by atoms with Crippen molar-refractivity contribution in [3.63, 3.8) is 0 Å². The third kappa shape index (κ3) is 3.88. The summed E-state index contributed by atoms with van der Waals surface area (Å²) in [5.41, 5.74) is 5.44. The number of carboxylic acid groups (broad SMARTS) is 1. The van der Waals surface area contributed by atoms with Crippen molar-refractivity contribution in [2.24, 2.45) is 11.7 Å². The molecule has 0 bridgehead atoms. The van der Waals surface area contributed by atoms with Gasteiger partial charge in [0, 0.05) is 18.2 Å². The molecule has 0 aliphatic carbocycles. The number of nitrogens with two attached hydrogens (primary N) is 1. The van der Waals surface area contributed by atoms with E-state index in [2.05, 4.69) is 12.6 Å². The first kappa shape index (κ1) is 15.3. The van der Waals surface area contributed by atoms with E-state index in [0.29, 0.717) is 31.7 Å². The molecule has 6 heteroatoms. The molecule has 5 nitrogen and oxygen atoms in total. The summed E-state index contributed by atoms with van der Waals surface area (Å²) in [6, 6.07) is -0.661. The van der Waals surface area contributed by atoms with Gasteiger partial charge in [-0.2, -0.15) is 12.6 Å². The highest BCUT2D eigenvalue weighted by Gasteiger charge is 2.34. The van der Waals surface area contributed by atoms with Crippen LogP contribution in [0.4, 0.5) is 0 Å². The Hall–Kier alpha value is -0.750. The summed E-state index contributed by atoms with van der Waals surface area (Å²) >= 11 is 4.19. The zero-order valence-electron chi connectivity index (χ0n) is 10.5. The fourth-order valence-electron chi connectivity index (χ4n) is 2.34. The molecule has 0 aromatic heterocycles. The molecular weight excluding hydrogens is 252 g/mol. The van der Waals surface area contributed by atoms with E-state index in [4.69, 9.17) is 10.8 Å². The van der Waals surface area contributed by atoms with E-state index in [1.807, 2.05) is 0 Å². The summed E-state index contributed by atoms with van der Waals surface area (Å²) in [5.74, 6) is -0.746. The fourth-order valence-corrected chi connectivity index (χ4v) is 2.68. The quantitative estimate of drug-likeness (QED) is 0.624. The maximum atomic E-state index is 12.3. The Labute approximate surface area is 113 Å². The van der Waals surface area contributed by atoms with Crippen molar-refractivity contribution >= 4 is 24.5 Å². The summed E-state index contributed by atoms with van der Waals surface area (Å²) in [5, 5.41) is 9.16. The van der Waals surface area contributed by atoms with E-state index in [9.17, 15) is 9.59 Å². The molecule has 0 spiro atoms. The van der Waals surface area contributed by atoms with Crippen LogP contribution in [0, 0.1) is 5.92 Å². The van der Waals surface area contributed by atoms with Crippen LogP contribution in [0.5, 0.6) is 0 Å². The first-order chi connectivity index (χ1) is 8.61. The summed E-state index contributed by atoms with van der Waals surface area (Å²) in [4.78, 5) is 25.0. The molecule has 1 saturated heterocycles. The van der Waals surface area contributed by atoms with Gasteiger partial charge < -0.3 is 15.7 Å². The predicted octanol–water partition coefficient (Wildman–Crippen LogP) is 0.737. The van der Waals surface area contributed by atoms with Crippen LogP contribution >= 0.6 is 12.6 Å². The summed E-state index contributed by atoms with van der Waals surface area (Å²) in [7, 11) is 0. The highest BCUT2D eigenvalue weighted by Crippen LogP contribution is 2.22. The van der Waals surface area contributed by atoms with Gasteiger partial charge in [-0.1, -0.05) is 0 Å². The number of piperidine rings is 1. The Bertz CT molecular complexity index is 299. The minimum Gasteiger partial charge on any atom is -0.480 e. The number of carbonyl (C=O) groups is 2. The van der Waals surface area contributed by atoms with Gasteiger partial charge in [-0.15, -0.1) is 0 Å². The maximum Gasteiger partial charge on any atom is 0.326 e. The third-order valence-corrected chi connectivity index (χ3v) is 3.84. The smallest absolute Gasteiger partial charge is 0.326 e. The van der Waals surface area contributed by atoms with Crippen LogP contribution in [0.25, 0.3) is 0 Å². The molecule has 0 radical (unpaired) electrons. The molecule has 1 aliphatic heterocycles. The van der Waals surface area contributed by atoms with Gasteiger partial charge in [0.15, 0.2) is 0 Å². The lowest BCUT2D eigenvalue weighted by atomic mass is 9.97. The van der Waals surface area contributed by atoms with Crippen molar-refractivity contribution in [3.8, 4) is 0 Å². The molecule has 3 N–H and O–H groups in total. The normalized spacial score (nSPS) is 21.7. The second kappa shape index (κ2) is 7.63. The molecule has 1 amide bonds. The van der Waals surface area contributed by atoms with Crippen molar-refractivity contribution in [3.05, 3.63) is 0 Å². The predicted molar refractivity (Wildman–Crippen MR) is 72.6 cm³/mol. The zero-order chi connectivity index (χ0) is 13.5. The molecule has 0 saturated carbocycles. The number of rotatable bonds is 6. The maximum absolute atomic E-state index is 12.3. The Morgan fingerprint density at radius 1 is 1.44 bits per heavy atom. The highest BCUT2D eigenvalue weighted by molar-refractivity contribution is 7.80. The van der Waals surface area contributed by atoms with Crippen molar-refractivity contribution in [2.75, 3.05) is 18.8 Å². The SMILES string of the molecule is NCCCC(CS)C(=O)N1CCCCC1C(=O)O. The van der Waals surface area contributed by atoms with E-state index >= 15 is 0 Å². The largest absolute Gasteiger partial charge is 0.480 e. The number of carboxylic acids is 1. The fraction of sp³-hybridized carbons (Fsp3) is 0.833. The Kier molecular flexibility index (Phi) is 6.49. The number of hydrogen-bond acceptors (Lipinski definition) is 4. The van der Waals surface area contributed by atoms with E-state index in [1.165, 1.54) is 4.90 Å². The molecule has 104 valence electrons. The second-order valence-corrected chi connectivity index (χ2v) is 5.06. The lowest BCUT2D eigenvalue weighted by molar-refractivity contribution is -0.153. The summed E-state index contributed by atoms with van der Waals surface area (Å²) in [6.45, 7) is 1.09. The van der Waals surface area contributed by atoms with Crippen molar-refractivity contribution < 1.29 is 14.7 Å². The lowest BCUT2D eigenvalue weighted by Crippen LogP contribution is -2.50. The van der Waals surface area contributed by atoms with E-state index in [0.717, 1.165) is 19.3 Å². The van der Waals surface area contributed by atoms with Gasteiger partial charge in [-0.05, 0) is 38.6 Å². The van der Waals surface area contributed by atoms with Crippen LogP contribution in [0.15, 0.2) is 0 Å². The minimum absolute atomic E-state index is 0.0782. The molecule has 1 aliphatic rings. The number of thiol groups is 1. The zero-order valence-corrected chi connectivity index (χ0v) is 11.4. The van der Waals surface area contributed by atoms with Crippen LogP contribution in [0.3, 0.4) is 0 Å². The van der Waals surface area contributed by atoms with Gasteiger partial charge in [0.2, 0.25) is 5.91 Å². The summed E-state index contributed by atoms with van der Waals surface area (Å²) < 4.78 is 0. The standard InChI is InChI=1S/C12H22N2O3S/c13-6-3-4-9(8-18)11(15)14-7-2-1-5-10(14)12(16)17/h9-10,18H,1-8,13H2,(H,16,17). The van der Waals surface area contributed by atoms with Gasteiger partial charge in [0.1, 0.15) is 6.04 Å². The molecule has 1 heterocycles. The number of amides is 1. The van der Waals surface area contributed by atoms with Crippen LogP contribution in [-0.2, 0) is 9.59 Å². The molecule has 2 unspecified atom stereocenters. The Balaban J connectivity index is 2.68. The monoisotopic (exact) mass is 274 g/mol. The first-order valence-corrected chi connectivity index (χ1v) is 7.09. The van der Waals surface area contributed by atoms with Gasteiger partial charge in [0.25, 0.3) is 0 Å². The topological polar surface area (TPSA) is 83.6 Å². The van der Waals surface area contributed by atoms with Gasteiger partial charge in [0.05, 0.1) is 0 Å². The van der Waals surface area contributed by atoms with Crippen molar-refractivity contribution in [2.45, 2.75) is 38.1 Å². The molecule has 1 rings (SSSR count). The van der Waals surface area contributed by atoms with Crippen LogP contribution in [0.2, 0.25) is 0 Å². The molecule has 1 fully saturated rings. The number of hydrogen-bond donors (Lipinski definition) is 3.